The minimum atomic E-state index is -1.01. The third-order valence-electron chi connectivity index (χ3n) is 3.06. The van der Waals surface area contributed by atoms with E-state index in [2.05, 4.69) is 15.9 Å². The van der Waals surface area contributed by atoms with E-state index in [1.807, 2.05) is 0 Å². The molecule has 112 valence electrons. The standard InChI is InChI=1S/C15H13BrClFO3/c1-20-13-6-9(11(17)7-14(13)21-2)15(19)8-3-4-12(18)10(16)5-8/h3-7,15,19H,1-2H3. The molecular weight excluding hydrogens is 363 g/mol. The van der Waals surface area contributed by atoms with E-state index in [-0.39, 0.29) is 4.47 Å². The molecule has 2 rings (SSSR count). The molecule has 0 bridgehead atoms. The van der Waals surface area contributed by atoms with Crippen molar-refractivity contribution in [3.05, 3.63) is 56.8 Å². The fourth-order valence-electron chi connectivity index (χ4n) is 1.94. The van der Waals surface area contributed by atoms with E-state index in [1.54, 1.807) is 12.1 Å². The SMILES string of the molecule is COc1cc(Cl)c(C(O)c2ccc(F)c(Br)c2)cc1OC. The van der Waals surface area contributed by atoms with Gasteiger partial charge in [0.15, 0.2) is 11.5 Å². The predicted octanol–water partition coefficient (Wildman–Crippen LogP) is 4.34. The smallest absolute Gasteiger partial charge is 0.162 e. The molecular formula is C15H13BrClFO3. The van der Waals surface area contributed by atoms with E-state index in [4.69, 9.17) is 21.1 Å². The van der Waals surface area contributed by atoms with Crippen LogP contribution in [0.3, 0.4) is 0 Å². The number of ether oxygens (including phenoxy) is 2. The second-order valence-corrected chi connectivity index (χ2v) is 5.57. The first-order valence-electron chi connectivity index (χ1n) is 6.02. The summed E-state index contributed by atoms with van der Waals surface area (Å²) in [6.07, 6.45) is -1.01. The normalized spacial score (nSPS) is 12.1. The number of aliphatic hydroxyl groups excluding tert-OH is 1. The zero-order chi connectivity index (χ0) is 15.6. The Bertz CT molecular complexity index is 664. The van der Waals surface area contributed by atoms with Gasteiger partial charge in [-0.2, -0.15) is 0 Å². The summed E-state index contributed by atoms with van der Waals surface area (Å²) in [5.74, 6) is 0.528. The maximum absolute atomic E-state index is 13.3. The summed E-state index contributed by atoms with van der Waals surface area (Å²) < 4.78 is 23.9. The van der Waals surface area contributed by atoms with Crippen LogP contribution in [0.2, 0.25) is 5.02 Å². The van der Waals surface area contributed by atoms with Crippen LogP contribution in [0, 0.1) is 5.82 Å². The van der Waals surface area contributed by atoms with E-state index in [0.717, 1.165) is 0 Å². The van der Waals surface area contributed by atoms with Crippen LogP contribution in [0.15, 0.2) is 34.8 Å². The molecule has 21 heavy (non-hydrogen) atoms. The van der Waals surface area contributed by atoms with Crippen LogP contribution in [-0.4, -0.2) is 19.3 Å². The van der Waals surface area contributed by atoms with Crippen molar-refractivity contribution >= 4 is 27.5 Å². The Labute approximate surface area is 135 Å². The number of aliphatic hydroxyl groups is 1. The van der Waals surface area contributed by atoms with Crippen molar-refractivity contribution in [2.75, 3.05) is 14.2 Å². The number of hydrogen-bond acceptors (Lipinski definition) is 3. The molecule has 0 amide bonds. The van der Waals surface area contributed by atoms with Gasteiger partial charge in [0.2, 0.25) is 0 Å². The quantitative estimate of drug-likeness (QED) is 0.864. The number of halogens is 3. The maximum Gasteiger partial charge on any atom is 0.162 e. The molecule has 1 unspecified atom stereocenters. The number of hydrogen-bond donors (Lipinski definition) is 1. The lowest BCUT2D eigenvalue weighted by Gasteiger charge is -2.16. The van der Waals surface area contributed by atoms with E-state index in [1.165, 1.54) is 32.4 Å². The molecule has 2 aromatic rings. The van der Waals surface area contributed by atoms with Crippen molar-refractivity contribution in [2.45, 2.75) is 6.10 Å². The lowest BCUT2D eigenvalue weighted by atomic mass is 10.0. The molecule has 1 N–H and O–H groups in total. The zero-order valence-electron chi connectivity index (χ0n) is 11.4. The van der Waals surface area contributed by atoms with E-state index >= 15 is 0 Å². The van der Waals surface area contributed by atoms with Gasteiger partial charge in [-0.3, -0.25) is 0 Å². The topological polar surface area (TPSA) is 38.7 Å². The van der Waals surface area contributed by atoms with Crippen molar-refractivity contribution in [3.8, 4) is 11.5 Å². The van der Waals surface area contributed by atoms with Crippen molar-refractivity contribution in [1.82, 2.24) is 0 Å². The van der Waals surface area contributed by atoms with E-state index < -0.39 is 11.9 Å². The van der Waals surface area contributed by atoms with Crippen LogP contribution in [0.5, 0.6) is 11.5 Å². The fourth-order valence-corrected chi connectivity index (χ4v) is 2.59. The first kappa shape index (κ1) is 16.1. The summed E-state index contributed by atoms with van der Waals surface area (Å²) in [5.41, 5.74) is 0.963. The third-order valence-corrected chi connectivity index (χ3v) is 3.99. The van der Waals surface area contributed by atoms with Gasteiger partial charge >= 0.3 is 0 Å². The van der Waals surface area contributed by atoms with Gasteiger partial charge in [0.1, 0.15) is 11.9 Å². The van der Waals surface area contributed by atoms with Crippen LogP contribution >= 0.6 is 27.5 Å². The van der Waals surface area contributed by atoms with Gasteiger partial charge in [-0.05, 0) is 39.7 Å². The minimum Gasteiger partial charge on any atom is -0.493 e. The molecule has 0 spiro atoms. The Hall–Kier alpha value is -1.30. The summed E-state index contributed by atoms with van der Waals surface area (Å²) in [4.78, 5) is 0. The highest BCUT2D eigenvalue weighted by molar-refractivity contribution is 9.10. The first-order valence-corrected chi connectivity index (χ1v) is 7.19. The molecule has 2 aromatic carbocycles. The minimum absolute atomic E-state index is 0.274. The van der Waals surface area contributed by atoms with Crippen LogP contribution in [0.4, 0.5) is 4.39 Å². The van der Waals surface area contributed by atoms with Crippen LogP contribution in [-0.2, 0) is 0 Å². The Balaban J connectivity index is 2.47. The van der Waals surface area contributed by atoms with Crippen molar-refractivity contribution in [2.24, 2.45) is 0 Å². The molecule has 0 radical (unpaired) electrons. The highest BCUT2D eigenvalue weighted by atomic mass is 79.9. The zero-order valence-corrected chi connectivity index (χ0v) is 13.7. The van der Waals surface area contributed by atoms with Crippen molar-refractivity contribution < 1.29 is 19.0 Å². The number of rotatable bonds is 4. The fraction of sp³-hybridized carbons (Fsp3) is 0.200. The molecule has 0 aliphatic rings. The average Bonchev–Trinajstić information content (AvgIpc) is 2.49. The van der Waals surface area contributed by atoms with Gasteiger partial charge in [-0.25, -0.2) is 4.39 Å². The molecule has 0 aliphatic heterocycles. The van der Waals surface area contributed by atoms with Gasteiger partial charge in [0.25, 0.3) is 0 Å². The van der Waals surface area contributed by atoms with Crippen LogP contribution in [0.1, 0.15) is 17.2 Å². The summed E-state index contributed by atoms with van der Waals surface area (Å²) in [6, 6.07) is 7.45. The molecule has 0 saturated carbocycles. The van der Waals surface area contributed by atoms with E-state index in [0.29, 0.717) is 27.6 Å². The largest absolute Gasteiger partial charge is 0.493 e. The Morgan fingerprint density at radius 3 is 2.33 bits per heavy atom. The summed E-state index contributed by atoms with van der Waals surface area (Å²) >= 11 is 9.26. The molecule has 0 aliphatic carbocycles. The Morgan fingerprint density at radius 1 is 1.14 bits per heavy atom. The molecule has 1 atom stereocenters. The highest BCUT2D eigenvalue weighted by Crippen LogP contribution is 2.38. The second-order valence-electron chi connectivity index (χ2n) is 4.30. The third kappa shape index (κ3) is 3.31. The lowest BCUT2D eigenvalue weighted by molar-refractivity contribution is 0.219. The molecule has 0 heterocycles. The Morgan fingerprint density at radius 2 is 1.76 bits per heavy atom. The Kier molecular flexibility index (Phi) is 5.08. The molecule has 0 saturated heterocycles. The summed E-state index contributed by atoms with van der Waals surface area (Å²) in [5, 5.41) is 10.8. The molecule has 3 nitrogen and oxygen atoms in total. The molecule has 0 fully saturated rings. The van der Waals surface area contributed by atoms with Gasteiger partial charge in [0.05, 0.1) is 23.7 Å². The van der Waals surface area contributed by atoms with Crippen LogP contribution < -0.4 is 9.47 Å². The monoisotopic (exact) mass is 374 g/mol. The van der Waals surface area contributed by atoms with Gasteiger partial charge in [-0.1, -0.05) is 17.7 Å². The summed E-state index contributed by atoms with van der Waals surface area (Å²) in [6.45, 7) is 0. The second kappa shape index (κ2) is 6.64. The van der Waals surface area contributed by atoms with E-state index in [9.17, 15) is 9.50 Å². The average molecular weight is 376 g/mol. The first-order chi connectivity index (χ1) is 9.97. The predicted molar refractivity (Wildman–Crippen MR) is 82.7 cm³/mol. The van der Waals surface area contributed by atoms with Gasteiger partial charge in [0, 0.05) is 11.6 Å². The van der Waals surface area contributed by atoms with Crippen molar-refractivity contribution in [3.63, 3.8) is 0 Å². The van der Waals surface area contributed by atoms with Gasteiger partial charge in [-0.15, -0.1) is 0 Å². The van der Waals surface area contributed by atoms with Crippen LogP contribution in [0.25, 0.3) is 0 Å². The maximum atomic E-state index is 13.3. The van der Waals surface area contributed by atoms with Gasteiger partial charge < -0.3 is 14.6 Å². The lowest BCUT2D eigenvalue weighted by Crippen LogP contribution is -2.03. The number of benzene rings is 2. The molecule has 6 heteroatoms. The molecule has 0 aromatic heterocycles. The van der Waals surface area contributed by atoms with Crippen molar-refractivity contribution in [1.29, 1.82) is 0 Å². The highest BCUT2D eigenvalue weighted by Gasteiger charge is 2.18. The summed E-state index contributed by atoms with van der Waals surface area (Å²) in [7, 11) is 3.00. The number of methoxy groups -OCH3 is 2.